The smallest absolute Gasteiger partial charge is 0.240 e. The third-order valence-corrected chi connectivity index (χ3v) is 6.09. The lowest BCUT2D eigenvalue weighted by atomic mass is 10.1. The second-order valence-corrected chi connectivity index (χ2v) is 8.00. The summed E-state index contributed by atoms with van der Waals surface area (Å²) in [6.45, 7) is 3.17. The van der Waals surface area contributed by atoms with Crippen LogP contribution in [0.1, 0.15) is 11.7 Å². The highest BCUT2D eigenvalue weighted by Crippen LogP contribution is 2.22. The number of hydrogen-bond acceptors (Lipinski definition) is 5. The molecule has 142 valence electrons. The minimum atomic E-state index is -3.60. The van der Waals surface area contributed by atoms with Gasteiger partial charge in [0, 0.05) is 38.6 Å². The van der Waals surface area contributed by atoms with Gasteiger partial charge in [-0.1, -0.05) is 0 Å². The van der Waals surface area contributed by atoms with E-state index in [2.05, 4.69) is 9.62 Å². The molecular formula is C18H25N3O4S. The van der Waals surface area contributed by atoms with Gasteiger partial charge in [0.15, 0.2) is 0 Å². The van der Waals surface area contributed by atoms with Crippen LogP contribution in [0, 0.1) is 0 Å². The van der Waals surface area contributed by atoms with Crippen LogP contribution in [0.2, 0.25) is 0 Å². The van der Waals surface area contributed by atoms with Crippen molar-refractivity contribution in [1.82, 2.24) is 14.2 Å². The summed E-state index contributed by atoms with van der Waals surface area (Å²) < 4.78 is 40.7. The van der Waals surface area contributed by atoms with Crippen molar-refractivity contribution in [3.63, 3.8) is 0 Å². The molecule has 1 saturated heterocycles. The number of nitrogens with one attached hydrogen (secondary N) is 1. The summed E-state index contributed by atoms with van der Waals surface area (Å²) in [6, 6.07) is 10.3. The Kier molecular flexibility index (Phi) is 5.98. The number of nitrogens with zero attached hydrogens (tertiary/aromatic N) is 2. The first-order valence-corrected chi connectivity index (χ1v) is 10.1. The molecule has 3 rings (SSSR count). The molecular weight excluding hydrogens is 354 g/mol. The van der Waals surface area contributed by atoms with E-state index < -0.39 is 10.0 Å². The zero-order chi connectivity index (χ0) is 18.6. The molecule has 1 atom stereocenters. The number of methoxy groups -OCH3 is 1. The second-order valence-electron chi connectivity index (χ2n) is 6.24. The van der Waals surface area contributed by atoms with Crippen LogP contribution >= 0.6 is 0 Å². The zero-order valence-corrected chi connectivity index (χ0v) is 15.9. The average molecular weight is 379 g/mol. The van der Waals surface area contributed by atoms with Gasteiger partial charge in [0.25, 0.3) is 0 Å². The van der Waals surface area contributed by atoms with Crippen LogP contribution in [-0.4, -0.2) is 57.8 Å². The summed E-state index contributed by atoms with van der Waals surface area (Å²) in [5.74, 6) is 0.624. The van der Waals surface area contributed by atoms with Crippen molar-refractivity contribution in [2.45, 2.75) is 10.9 Å². The normalized spacial score (nSPS) is 17.2. The van der Waals surface area contributed by atoms with E-state index in [1.807, 2.05) is 29.9 Å². The Morgan fingerprint density at radius 3 is 2.46 bits per heavy atom. The number of ether oxygens (including phenoxy) is 2. The summed E-state index contributed by atoms with van der Waals surface area (Å²) in [6.07, 6.45) is 1.97. The highest BCUT2D eigenvalue weighted by atomic mass is 32.2. The van der Waals surface area contributed by atoms with E-state index in [1.165, 1.54) is 0 Å². The van der Waals surface area contributed by atoms with Gasteiger partial charge in [-0.25, -0.2) is 13.1 Å². The monoisotopic (exact) mass is 379 g/mol. The van der Waals surface area contributed by atoms with Crippen molar-refractivity contribution in [3.05, 3.63) is 48.3 Å². The van der Waals surface area contributed by atoms with Crippen LogP contribution in [0.15, 0.2) is 47.5 Å². The third kappa shape index (κ3) is 4.27. The predicted octanol–water partition coefficient (Wildman–Crippen LogP) is 1.39. The first-order chi connectivity index (χ1) is 12.5. The maximum absolute atomic E-state index is 12.7. The van der Waals surface area contributed by atoms with Gasteiger partial charge in [-0.2, -0.15) is 0 Å². The van der Waals surface area contributed by atoms with Crippen molar-refractivity contribution in [3.8, 4) is 5.75 Å². The summed E-state index contributed by atoms with van der Waals surface area (Å²) in [5, 5.41) is 0. The van der Waals surface area contributed by atoms with E-state index in [0.29, 0.717) is 25.5 Å². The highest BCUT2D eigenvalue weighted by Gasteiger charge is 2.26. The highest BCUT2D eigenvalue weighted by molar-refractivity contribution is 7.89. The quantitative estimate of drug-likeness (QED) is 0.787. The number of sulfonamides is 1. The Bertz CT molecular complexity index is 811. The van der Waals surface area contributed by atoms with Gasteiger partial charge >= 0.3 is 0 Å². The predicted molar refractivity (Wildman–Crippen MR) is 98.7 cm³/mol. The molecule has 1 unspecified atom stereocenters. The van der Waals surface area contributed by atoms with Crippen molar-refractivity contribution in [2.24, 2.45) is 7.05 Å². The van der Waals surface area contributed by atoms with Gasteiger partial charge in [0.2, 0.25) is 10.0 Å². The van der Waals surface area contributed by atoms with Crippen LogP contribution in [0.5, 0.6) is 5.75 Å². The van der Waals surface area contributed by atoms with E-state index in [0.717, 1.165) is 18.8 Å². The number of aryl methyl sites for hydroxylation is 1. The molecule has 7 nitrogen and oxygen atoms in total. The van der Waals surface area contributed by atoms with Crippen molar-refractivity contribution < 1.29 is 17.9 Å². The molecule has 8 heteroatoms. The molecule has 2 heterocycles. The van der Waals surface area contributed by atoms with Gasteiger partial charge in [-0.05, 0) is 36.4 Å². The lowest BCUT2D eigenvalue weighted by Crippen LogP contribution is -2.44. The molecule has 1 aliphatic heterocycles. The van der Waals surface area contributed by atoms with Crippen molar-refractivity contribution in [1.29, 1.82) is 0 Å². The lowest BCUT2D eigenvalue weighted by molar-refractivity contribution is 0.0158. The van der Waals surface area contributed by atoms with Crippen molar-refractivity contribution in [2.75, 3.05) is 40.0 Å². The first kappa shape index (κ1) is 18.9. The van der Waals surface area contributed by atoms with Crippen LogP contribution in [0.4, 0.5) is 0 Å². The zero-order valence-electron chi connectivity index (χ0n) is 15.1. The van der Waals surface area contributed by atoms with E-state index in [-0.39, 0.29) is 10.9 Å². The molecule has 1 fully saturated rings. The van der Waals surface area contributed by atoms with Crippen molar-refractivity contribution >= 4 is 10.0 Å². The van der Waals surface area contributed by atoms with Crippen LogP contribution in [0.3, 0.4) is 0 Å². The fourth-order valence-electron chi connectivity index (χ4n) is 3.16. The topological polar surface area (TPSA) is 72.8 Å². The summed E-state index contributed by atoms with van der Waals surface area (Å²) in [4.78, 5) is 2.49. The summed E-state index contributed by atoms with van der Waals surface area (Å²) in [5.41, 5.74) is 1.07. The van der Waals surface area contributed by atoms with E-state index in [1.54, 1.807) is 31.4 Å². The minimum absolute atomic E-state index is 0.0491. The molecule has 0 radical (unpaired) electrons. The second kappa shape index (κ2) is 8.22. The molecule has 1 N–H and O–H groups in total. The Hall–Kier alpha value is -1.87. The summed E-state index contributed by atoms with van der Waals surface area (Å²) in [7, 11) is -0.0725. The molecule has 1 aromatic heterocycles. The largest absolute Gasteiger partial charge is 0.497 e. The van der Waals surface area contributed by atoms with Gasteiger partial charge in [0.05, 0.1) is 31.3 Å². The first-order valence-electron chi connectivity index (χ1n) is 8.58. The Morgan fingerprint density at radius 2 is 1.88 bits per heavy atom. The maximum atomic E-state index is 12.7. The van der Waals surface area contributed by atoms with E-state index >= 15 is 0 Å². The van der Waals surface area contributed by atoms with Crippen LogP contribution < -0.4 is 9.46 Å². The molecule has 1 aliphatic rings. The maximum Gasteiger partial charge on any atom is 0.240 e. The van der Waals surface area contributed by atoms with Crippen LogP contribution in [-0.2, 0) is 21.8 Å². The molecule has 1 aromatic carbocycles. The fourth-order valence-corrected chi connectivity index (χ4v) is 4.20. The number of benzene rings is 1. The van der Waals surface area contributed by atoms with Gasteiger partial charge in [0.1, 0.15) is 5.75 Å². The number of hydrogen-bond donors (Lipinski definition) is 1. The summed E-state index contributed by atoms with van der Waals surface area (Å²) >= 11 is 0. The Morgan fingerprint density at radius 1 is 1.19 bits per heavy atom. The number of morpholine rings is 1. The number of aromatic nitrogens is 1. The Labute approximate surface area is 154 Å². The van der Waals surface area contributed by atoms with Crippen LogP contribution in [0.25, 0.3) is 0 Å². The Balaban J connectivity index is 1.77. The third-order valence-electron chi connectivity index (χ3n) is 4.65. The molecule has 0 amide bonds. The molecule has 26 heavy (non-hydrogen) atoms. The molecule has 0 aliphatic carbocycles. The average Bonchev–Trinajstić information content (AvgIpc) is 3.08. The van der Waals surface area contributed by atoms with Gasteiger partial charge in [-0.15, -0.1) is 0 Å². The minimum Gasteiger partial charge on any atom is -0.497 e. The molecule has 0 saturated carbocycles. The molecule has 0 bridgehead atoms. The lowest BCUT2D eigenvalue weighted by Gasteiger charge is -2.34. The van der Waals surface area contributed by atoms with Gasteiger partial charge in [-0.3, -0.25) is 4.90 Å². The molecule has 0 spiro atoms. The SMILES string of the molecule is COc1ccc(S(=O)(=O)NCC(c2cccn2C)N2CCOCC2)cc1. The molecule has 2 aromatic rings. The van der Waals surface area contributed by atoms with E-state index in [4.69, 9.17) is 9.47 Å². The van der Waals surface area contributed by atoms with E-state index in [9.17, 15) is 8.42 Å². The fraction of sp³-hybridized carbons (Fsp3) is 0.444. The van der Waals surface area contributed by atoms with Gasteiger partial charge < -0.3 is 14.0 Å². The number of rotatable bonds is 7. The standard InChI is InChI=1S/C18H25N3O4S/c1-20-9-3-4-17(20)18(21-10-12-25-13-11-21)14-19-26(22,23)16-7-5-15(24-2)6-8-16/h3-9,18-19H,10-14H2,1-2H3.